The van der Waals surface area contributed by atoms with Crippen LogP contribution in [0.2, 0.25) is 0 Å². The van der Waals surface area contributed by atoms with E-state index in [-0.39, 0.29) is 31.5 Å². The van der Waals surface area contributed by atoms with Crippen molar-refractivity contribution >= 4 is 16.2 Å². The lowest BCUT2D eigenvalue weighted by Crippen LogP contribution is -2.52. The van der Waals surface area contributed by atoms with Crippen molar-refractivity contribution in [2.75, 3.05) is 13.1 Å². The summed E-state index contributed by atoms with van der Waals surface area (Å²) in [5, 5.41) is 18.1. The molecule has 2 fully saturated rings. The Kier molecular flexibility index (Phi) is 5.42. The number of carboxylic acid groups (broad SMARTS) is 1. The van der Waals surface area contributed by atoms with Gasteiger partial charge >= 0.3 is 5.97 Å². The molecule has 1 aliphatic carbocycles. The first-order valence-electron chi connectivity index (χ1n) is 7.81. The van der Waals surface area contributed by atoms with Gasteiger partial charge in [0.2, 0.25) is 0 Å². The molecule has 0 aromatic rings. The molecule has 1 N–H and O–H groups in total. The molecular weight excluding hydrogens is 306 g/mol. The second-order valence-electron chi connectivity index (χ2n) is 5.94. The zero-order valence-corrected chi connectivity index (χ0v) is 13.6. The maximum atomic E-state index is 12.9. The van der Waals surface area contributed by atoms with Crippen LogP contribution < -0.4 is 0 Å². The highest BCUT2D eigenvalue weighted by atomic mass is 32.2. The molecule has 1 aliphatic heterocycles. The Bertz CT molecular complexity index is 557. The van der Waals surface area contributed by atoms with Crippen LogP contribution >= 0.6 is 0 Å². The summed E-state index contributed by atoms with van der Waals surface area (Å²) in [7, 11) is -3.85. The summed E-state index contributed by atoms with van der Waals surface area (Å²) in [6.45, 7) is 2.05. The number of rotatable bonds is 6. The molecule has 22 heavy (non-hydrogen) atoms. The lowest BCUT2D eigenvalue weighted by atomic mass is 9.85. The highest BCUT2D eigenvalue weighted by Crippen LogP contribution is 2.42. The first-order valence-corrected chi connectivity index (χ1v) is 9.21. The average molecular weight is 329 g/mol. The molecule has 0 spiro atoms. The summed E-state index contributed by atoms with van der Waals surface area (Å²) in [4.78, 5) is 11.6. The molecule has 1 heterocycles. The van der Waals surface area contributed by atoms with Gasteiger partial charge in [-0.25, -0.2) is 0 Å². The van der Waals surface area contributed by atoms with Crippen LogP contribution in [-0.2, 0) is 15.0 Å². The van der Waals surface area contributed by atoms with Gasteiger partial charge in [0.25, 0.3) is 10.2 Å². The van der Waals surface area contributed by atoms with Crippen LogP contribution in [0.1, 0.15) is 45.4 Å². The molecule has 3 unspecified atom stereocenters. The zero-order chi connectivity index (χ0) is 16.3. The van der Waals surface area contributed by atoms with E-state index in [0.717, 1.165) is 25.7 Å². The molecule has 2 aliphatic rings. The minimum atomic E-state index is -3.85. The highest BCUT2D eigenvalue weighted by molar-refractivity contribution is 7.86. The van der Waals surface area contributed by atoms with Crippen LogP contribution in [-0.4, -0.2) is 53.3 Å². The van der Waals surface area contributed by atoms with Crippen molar-refractivity contribution in [3.8, 4) is 6.07 Å². The van der Waals surface area contributed by atoms with E-state index in [1.165, 1.54) is 8.61 Å². The molecule has 0 radical (unpaired) electrons. The fraction of sp³-hybridized carbons (Fsp3) is 0.857. The predicted octanol–water partition coefficient (Wildman–Crippen LogP) is 1.18. The minimum Gasteiger partial charge on any atom is -0.480 e. The normalized spacial score (nSPS) is 29.2. The molecule has 2 rings (SSSR count). The van der Waals surface area contributed by atoms with Crippen molar-refractivity contribution in [1.82, 2.24) is 8.61 Å². The van der Waals surface area contributed by atoms with E-state index in [1.54, 1.807) is 6.92 Å². The lowest BCUT2D eigenvalue weighted by Gasteiger charge is -2.35. The topological polar surface area (TPSA) is 102 Å². The van der Waals surface area contributed by atoms with Gasteiger partial charge in [-0.1, -0.05) is 19.8 Å². The van der Waals surface area contributed by atoms with Gasteiger partial charge in [-0.3, -0.25) is 4.79 Å². The van der Waals surface area contributed by atoms with Crippen LogP contribution in [0.3, 0.4) is 0 Å². The van der Waals surface area contributed by atoms with E-state index in [0.29, 0.717) is 6.42 Å². The van der Waals surface area contributed by atoms with Gasteiger partial charge in [0, 0.05) is 25.6 Å². The fourth-order valence-electron chi connectivity index (χ4n) is 3.71. The van der Waals surface area contributed by atoms with Crippen LogP contribution in [0.4, 0.5) is 0 Å². The quantitative estimate of drug-likeness (QED) is 0.788. The third-order valence-electron chi connectivity index (χ3n) is 4.73. The number of carbonyl (C=O) groups is 1. The maximum Gasteiger partial charge on any atom is 0.322 e. The van der Waals surface area contributed by atoms with Gasteiger partial charge in [0.05, 0.1) is 6.07 Å². The average Bonchev–Trinajstić information content (AvgIpc) is 2.88. The Labute approximate surface area is 131 Å². The van der Waals surface area contributed by atoms with E-state index in [1.807, 2.05) is 6.07 Å². The van der Waals surface area contributed by atoms with Gasteiger partial charge in [-0.15, -0.1) is 0 Å². The van der Waals surface area contributed by atoms with E-state index in [4.69, 9.17) is 5.26 Å². The van der Waals surface area contributed by atoms with Crippen LogP contribution in [0.25, 0.3) is 0 Å². The molecule has 8 heteroatoms. The van der Waals surface area contributed by atoms with Crippen molar-refractivity contribution in [3.05, 3.63) is 0 Å². The summed E-state index contributed by atoms with van der Waals surface area (Å²) in [6, 6.07) is 0.755. The molecule has 0 amide bonds. The summed E-state index contributed by atoms with van der Waals surface area (Å²) in [6.07, 6.45) is 4.09. The summed E-state index contributed by atoms with van der Waals surface area (Å²) >= 11 is 0. The smallest absolute Gasteiger partial charge is 0.322 e. The molecule has 0 aromatic heterocycles. The van der Waals surface area contributed by atoms with E-state index < -0.39 is 22.2 Å². The lowest BCUT2D eigenvalue weighted by molar-refractivity contribution is -0.141. The van der Waals surface area contributed by atoms with Crippen molar-refractivity contribution in [3.63, 3.8) is 0 Å². The van der Waals surface area contributed by atoms with Crippen LogP contribution in [0.15, 0.2) is 0 Å². The maximum absolute atomic E-state index is 12.9. The first kappa shape index (κ1) is 17.2. The van der Waals surface area contributed by atoms with Crippen molar-refractivity contribution in [2.24, 2.45) is 5.92 Å². The number of hydrogen-bond acceptors (Lipinski definition) is 4. The monoisotopic (exact) mass is 329 g/mol. The number of nitriles is 1. The molecule has 7 nitrogen and oxygen atoms in total. The first-order chi connectivity index (χ1) is 10.4. The van der Waals surface area contributed by atoms with Gasteiger partial charge in [0.1, 0.15) is 6.04 Å². The summed E-state index contributed by atoms with van der Waals surface area (Å²) in [5.41, 5.74) is 0. The largest absolute Gasteiger partial charge is 0.480 e. The van der Waals surface area contributed by atoms with Gasteiger partial charge in [0.15, 0.2) is 0 Å². The van der Waals surface area contributed by atoms with Gasteiger partial charge < -0.3 is 5.11 Å². The van der Waals surface area contributed by atoms with Crippen LogP contribution in [0.5, 0.6) is 0 Å². The Morgan fingerprint density at radius 2 is 2.09 bits per heavy atom. The number of aliphatic carboxylic acids is 1. The molecule has 1 saturated heterocycles. The molecular formula is C14H23N3O4S. The number of nitrogens with zero attached hydrogens (tertiary/aromatic N) is 3. The second kappa shape index (κ2) is 6.94. The van der Waals surface area contributed by atoms with Crippen molar-refractivity contribution in [1.29, 1.82) is 5.26 Å². The third-order valence-corrected chi connectivity index (χ3v) is 6.88. The predicted molar refractivity (Wildman–Crippen MR) is 80.0 cm³/mol. The van der Waals surface area contributed by atoms with E-state index in [2.05, 4.69) is 0 Å². The Morgan fingerprint density at radius 3 is 2.68 bits per heavy atom. The second-order valence-corrected chi connectivity index (χ2v) is 7.77. The molecule has 0 bridgehead atoms. The third kappa shape index (κ3) is 3.12. The number of hydrogen-bond donors (Lipinski definition) is 1. The minimum absolute atomic E-state index is 0.104. The number of fused-ring (bicyclic) bond motifs is 1. The van der Waals surface area contributed by atoms with E-state index in [9.17, 15) is 18.3 Å². The Morgan fingerprint density at radius 1 is 1.41 bits per heavy atom. The molecule has 124 valence electrons. The molecule has 1 saturated carbocycles. The van der Waals surface area contributed by atoms with Crippen molar-refractivity contribution < 1.29 is 18.3 Å². The van der Waals surface area contributed by atoms with E-state index >= 15 is 0 Å². The standard InChI is InChI=1S/C14H23N3O4S/c1-2-16(9-5-8-15)22(20,21)17-12-7-4-3-6-11(12)10-13(17)14(18)19/h11-13H,2-7,9-10H2,1H3,(H,18,19). The van der Waals surface area contributed by atoms with Gasteiger partial charge in [-0.2, -0.15) is 22.3 Å². The van der Waals surface area contributed by atoms with Gasteiger partial charge in [-0.05, 0) is 25.2 Å². The zero-order valence-electron chi connectivity index (χ0n) is 12.8. The fourth-order valence-corrected chi connectivity index (χ4v) is 5.74. The summed E-state index contributed by atoms with van der Waals surface area (Å²) < 4.78 is 28.3. The molecule has 3 atom stereocenters. The van der Waals surface area contributed by atoms with Crippen molar-refractivity contribution in [2.45, 2.75) is 57.5 Å². The van der Waals surface area contributed by atoms with Crippen LogP contribution in [0, 0.1) is 17.2 Å². The molecule has 0 aromatic carbocycles. The number of carboxylic acids is 1. The Hall–Kier alpha value is -1.17. The summed E-state index contributed by atoms with van der Waals surface area (Å²) in [5.74, 6) is -0.936. The Balaban J connectivity index is 2.32. The SMILES string of the molecule is CCN(CCC#N)S(=O)(=O)N1C(C(=O)O)CC2CCCCC21. The highest BCUT2D eigenvalue weighted by Gasteiger charge is 2.52.